The van der Waals surface area contributed by atoms with E-state index < -0.39 is 28.5 Å². The molecule has 0 bridgehead atoms. The van der Waals surface area contributed by atoms with E-state index in [4.69, 9.17) is 16.3 Å². The van der Waals surface area contributed by atoms with E-state index in [-0.39, 0.29) is 29.1 Å². The average molecular weight is 612 g/mol. The molecular weight excluding hydrogens is 574 g/mol. The SMILES string of the molecule is CCC(C(=O)NC1CCCC1)N(Cc1ccc(C)cc1)C(=O)CN(c1ccc(Cl)cc1)S(=O)(=O)c1ccc(OC)cc1. The van der Waals surface area contributed by atoms with Gasteiger partial charge < -0.3 is 15.0 Å². The smallest absolute Gasteiger partial charge is 0.264 e. The molecule has 224 valence electrons. The topological polar surface area (TPSA) is 96.0 Å². The highest BCUT2D eigenvalue weighted by atomic mass is 35.5. The normalized spacial score (nSPS) is 14.3. The Morgan fingerprint density at radius 3 is 2.17 bits per heavy atom. The van der Waals surface area contributed by atoms with Crippen molar-refractivity contribution in [3.8, 4) is 5.75 Å². The highest BCUT2D eigenvalue weighted by Crippen LogP contribution is 2.27. The van der Waals surface area contributed by atoms with Crippen LogP contribution in [0.15, 0.2) is 77.7 Å². The van der Waals surface area contributed by atoms with Crippen LogP contribution in [0.5, 0.6) is 5.75 Å². The molecule has 10 heteroatoms. The molecule has 1 atom stereocenters. The number of nitrogens with zero attached hydrogens (tertiary/aromatic N) is 2. The van der Waals surface area contributed by atoms with Crippen molar-refractivity contribution in [2.24, 2.45) is 0 Å². The third-order valence-corrected chi connectivity index (χ3v) is 9.64. The van der Waals surface area contributed by atoms with E-state index >= 15 is 0 Å². The first-order chi connectivity index (χ1) is 20.1. The summed E-state index contributed by atoms with van der Waals surface area (Å²) in [6.07, 6.45) is 4.33. The van der Waals surface area contributed by atoms with Crippen LogP contribution >= 0.6 is 11.6 Å². The van der Waals surface area contributed by atoms with Gasteiger partial charge >= 0.3 is 0 Å². The van der Waals surface area contributed by atoms with Crippen LogP contribution in [0.25, 0.3) is 0 Å². The maximum absolute atomic E-state index is 14.2. The number of carbonyl (C=O) groups excluding carboxylic acids is 2. The van der Waals surface area contributed by atoms with Crippen LogP contribution in [0.1, 0.15) is 50.2 Å². The van der Waals surface area contributed by atoms with Gasteiger partial charge in [0.25, 0.3) is 10.0 Å². The molecule has 1 fully saturated rings. The first-order valence-corrected chi connectivity index (χ1v) is 16.0. The van der Waals surface area contributed by atoms with E-state index in [0.29, 0.717) is 17.2 Å². The summed E-state index contributed by atoms with van der Waals surface area (Å²) in [5.41, 5.74) is 2.20. The first kappa shape index (κ1) is 31.4. The number of amides is 2. The Labute approximate surface area is 253 Å². The van der Waals surface area contributed by atoms with Gasteiger partial charge in [-0.05, 0) is 80.3 Å². The van der Waals surface area contributed by atoms with Gasteiger partial charge in [0.05, 0.1) is 17.7 Å². The van der Waals surface area contributed by atoms with Crippen LogP contribution in [0.4, 0.5) is 5.69 Å². The predicted molar refractivity (Wildman–Crippen MR) is 165 cm³/mol. The van der Waals surface area contributed by atoms with E-state index in [1.54, 1.807) is 36.4 Å². The number of rotatable bonds is 12. The Bertz CT molecular complexity index is 1460. The summed E-state index contributed by atoms with van der Waals surface area (Å²) in [4.78, 5) is 29.2. The summed E-state index contributed by atoms with van der Waals surface area (Å²) in [7, 11) is -2.69. The Balaban J connectivity index is 1.70. The van der Waals surface area contributed by atoms with Gasteiger partial charge in [-0.3, -0.25) is 13.9 Å². The molecule has 1 N–H and O–H groups in total. The number of hydrogen-bond acceptors (Lipinski definition) is 5. The number of aryl methyl sites for hydroxylation is 1. The summed E-state index contributed by atoms with van der Waals surface area (Å²) in [5.74, 6) is -0.205. The molecule has 0 heterocycles. The number of nitrogens with one attached hydrogen (secondary N) is 1. The minimum absolute atomic E-state index is 0.00199. The van der Waals surface area contributed by atoms with Gasteiger partial charge in [-0.2, -0.15) is 0 Å². The highest BCUT2D eigenvalue weighted by molar-refractivity contribution is 7.92. The lowest BCUT2D eigenvalue weighted by atomic mass is 10.1. The first-order valence-electron chi connectivity index (χ1n) is 14.2. The van der Waals surface area contributed by atoms with Crippen molar-refractivity contribution >= 4 is 39.1 Å². The fourth-order valence-electron chi connectivity index (χ4n) is 5.19. The van der Waals surface area contributed by atoms with Crippen LogP contribution in [0.3, 0.4) is 0 Å². The molecule has 2 amide bonds. The van der Waals surface area contributed by atoms with Gasteiger partial charge in [0.15, 0.2) is 0 Å². The molecule has 0 spiro atoms. The van der Waals surface area contributed by atoms with E-state index in [1.807, 2.05) is 38.1 Å². The van der Waals surface area contributed by atoms with Gasteiger partial charge in [-0.15, -0.1) is 0 Å². The molecule has 42 heavy (non-hydrogen) atoms. The van der Waals surface area contributed by atoms with Crippen molar-refractivity contribution in [1.82, 2.24) is 10.2 Å². The number of methoxy groups -OCH3 is 1. The summed E-state index contributed by atoms with van der Waals surface area (Å²) in [5, 5.41) is 3.56. The quantitative estimate of drug-likeness (QED) is 0.283. The molecule has 1 saturated carbocycles. The Morgan fingerprint density at radius 2 is 1.60 bits per heavy atom. The lowest BCUT2D eigenvalue weighted by Crippen LogP contribution is -2.53. The molecule has 0 radical (unpaired) electrons. The molecular formula is C32H38ClN3O5S. The van der Waals surface area contributed by atoms with Crippen molar-refractivity contribution in [2.75, 3.05) is 18.0 Å². The number of anilines is 1. The van der Waals surface area contributed by atoms with Crippen molar-refractivity contribution in [3.05, 3.63) is 88.9 Å². The van der Waals surface area contributed by atoms with Crippen molar-refractivity contribution in [3.63, 3.8) is 0 Å². The van der Waals surface area contributed by atoms with Gasteiger partial charge in [0, 0.05) is 17.6 Å². The zero-order valence-electron chi connectivity index (χ0n) is 24.3. The Morgan fingerprint density at radius 1 is 0.976 bits per heavy atom. The van der Waals surface area contributed by atoms with Crippen molar-refractivity contribution in [1.29, 1.82) is 0 Å². The maximum atomic E-state index is 14.2. The Kier molecular flexibility index (Phi) is 10.5. The van der Waals surface area contributed by atoms with E-state index in [1.165, 1.54) is 24.1 Å². The summed E-state index contributed by atoms with van der Waals surface area (Å²) >= 11 is 6.10. The summed E-state index contributed by atoms with van der Waals surface area (Å²) < 4.78 is 34.2. The molecule has 1 aliphatic carbocycles. The number of sulfonamides is 1. The molecule has 0 aromatic heterocycles. The van der Waals surface area contributed by atoms with Crippen LogP contribution < -0.4 is 14.4 Å². The molecule has 1 aliphatic rings. The minimum Gasteiger partial charge on any atom is -0.497 e. The lowest BCUT2D eigenvalue weighted by Gasteiger charge is -2.33. The lowest BCUT2D eigenvalue weighted by molar-refractivity contribution is -0.140. The number of carbonyl (C=O) groups is 2. The molecule has 3 aromatic carbocycles. The molecule has 0 saturated heterocycles. The average Bonchev–Trinajstić information content (AvgIpc) is 3.50. The molecule has 3 aromatic rings. The van der Waals surface area contributed by atoms with Gasteiger partial charge in [-0.1, -0.05) is 61.2 Å². The zero-order chi connectivity index (χ0) is 30.3. The van der Waals surface area contributed by atoms with Gasteiger partial charge in [0.2, 0.25) is 11.8 Å². The largest absolute Gasteiger partial charge is 0.497 e. The fourth-order valence-corrected chi connectivity index (χ4v) is 6.73. The highest BCUT2D eigenvalue weighted by Gasteiger charge is 2.34. The van der Waals surface area contributed by atoms with Crippen LogP contribution in [-0.2, 0) is 26.2 Å². The van der Waals surface area contributed by atoms with Crippen molar-refractivity contribution in [2.45, 2.75) is 69.5 Å². The molecule has 4 rings (SSSR count). The molecule has 0 aliphatic heterocycles. The number of ether oxygens (including phenoxy) is 1. The van der Waals surface area contributed by atoms with E-state index in [9.17, 15) is 18.0 Å². The second-order valence-electron chi connectivity index (χ2n) is 10.6. The van der Waals surface area contributed by atoms with Gasteiger partial charge in [0.1, 0.15) is 18.3 Å². The third-order valence-electron chi connectivity index (χ3n) is 7.60. The number of hydrogen-bond donors (Lipinski definition) is 1. The van der Waals surface area contributed by atoms with Gasteiger partial charge in [-0.25, -0.2) is 8.42 Å². The standard InChI is InChI=1S/C32H38ClN3O5S/c1-4-30(32(38)34-26-7-5-6-8-26)35(21-24-11-9-23(2)10-12-24)31(37)22-36(27-15-13-25(33)14-16-27)42(39,40)29-19-17-28(41-3)18-20-29/h9-20,26,30H,4-8,21-22H2,1-3H3,(H,34,38). The third kappa shape index (κ3) is 7.63. The summed E-state index contributed by atoms with van der Waals surface area (Å²) in [6.45, 7) is 3.49. The predicted octanol–water partition coefficient (Wildman–Crippen LogP) is 5.72. The fraction of sp³-hybridized carbons (Fsp3) is 0.375. The van der Waals surface area contributed by atoms with Crippen molar-refractivity contribution < 1.29 is 22.7 Å². The maximum Gasteiger partial charge on any atom is 0.264 e. The Hall–Kier alpha value is -3.56. The monoisotopic (exact) mass is 611 g/mol. The van der Waals surface area contributed by atoms with Crippen LogP contribution in [0.2, 0.25) is 5.02 Å². The minimum atomic E-state index is -4.18. The molecule has 8 nitrogen and oxygen atoms in total. The summed E-state index contributed by atoms with van der Waals surface area (Å²) in [6, 6.07) is 19.3. The van der Waals surface area contributed by atoms with E-state index in [2.05, 4.69) is 5.32 Å². The molecule has 1 unspecified atom stereocenters. The van der Waals surface area contributed by atoms with Crippen LogP contribution in [0, 0.1) is 6.92 Å². The van der Waals surface area contributed by atoms with Crippen LogP contribution in [-0.4, -0.2) is 50.9 Å². The number of halogens is 1. The number of benzene rings is 3. The second kappa shape index (κ2) is 14.1. The van der Waals surface area contributed by atoms with E-state index in [0.717, 1.165) is 41.1 Å². The second-order valence-corrected chi connectivity index (χ2v) is 12.9. The zero-order valence-corrected chi connectivity index (χ0v) is 25.8.